The molecular weight excluding hydrogens is 719 g/mol. The van der Waals surface area contributed by atoms with Gasteiger partial charge in [-0.2, -0.15) is 0 Å². The van der Waals surface area contributed by atoms with E-state index in [1.165, 1.54) is 0 Å². The summed E-state index contributed by atoms with van der Waals surface area (Å²) in [7, 11) is 0. The fourth-order valence-electron chi connectivity index (χ4n) is 6.94. The normalized spacial score (nSPS) is 11.2. The van der Waals surface area contributed by atoms with Crippen molar-refractivity contribution in [1.82, 2.24) is 0 Å². The van der Waals surface area contributed by atoms with Crippen molar-refractivity contribution in [2.75, 3.05) is 26.4 Å². The summed E-state index contributed by atoms with van der Waals surface area (Å²) >= 11 is 13.5. The lowest BCUT2D eigenvalue weighted by Crippen LogP contribution is -2.12. The third-order valence-corrected chi connectivity index (χ3v) is 9.74. The zero-order valence-electron chi connectivity index (χ0n) is 28.9. The molecule has 0 spiro atoms. The van der Waals surface area contributed by atoms with Crippen LogP contribution >= 0.6 is 23.2 Å². The molecule has 0 unspecified atom stereocenters. The summed E-state index contributed by atoms with van der Waals surface area (Å²) in [6.45, 7) is 0.431. The van der Waals surface area contributed by atoms with E-state index in [0.29, 0.717) is 32.7 Å². The van der Waals surface area contributed by atoms with Gasteiger partial charge in [-0.1, -0.05) is 108 Å². The summed E-state index contributed by atoms with van der Waals surface area (Å²) in [5, 5.41) is 8.25. The largest absolute Gasteiger partial charge is 0.489 e. The molecule has 8 aromatic carbocycles. The molecule has 0 saturated carbocycles. The highest BCUT2D eigenvalue weighted by atomic mass is 35.5. The number of ether oxygens (including phenoxy) is 4. The SMILES string of the molecule is O=C(OCCOc1c2ccccc2c(-c2c3ccccc3c(OCCOC(=O)c3ccccc3)c3ccc(Cl)cc23)c2cc(Cl)ccc12)c1ccccc1. The van der Waals surface area contributed by atoms with Gasteiger partial charge in [0.1, 0.15) is 37.9 Å². The maximum atomic E-state index is 12.6. The molecule has 0 amide bonds. The number of hydrogen-bond acceptors (Lipinski definition) is 6. The van der Waals surface area contributed by atoms with E-state index in [-0.39, 0.29) is 26.4 Å². The van der Waals surface area contributed by atoms with E-state index >= 15 is 0 Å². The van der Waals surface area contributed by atoms with Crippen LogP contribution in [0.25, 0.3) is 54.2 Å². The predicted molar refractivity (Wildman–Crippen MR) is 216 cm³/mol. The summed E-state index contributed by atoms with van der Waals surface area (Å²) in [6, 6.07) is 45.5. The van der Waals surface area contributed by atoms with Crippen molar-refractivity contribution in [2.45, 2.75) is 0 Å². The summed E-state index contributed by atoms with van der Waals surface area (Å²) < 4.78 is 24.0. The van der Waals surface area contributed by atoms with Crippen LogP contribution in [0.2, 0.25) is 10.0 Å². The Balaban J connectivity index is 1.22. The Hall–Kier alpha value is -6.08. The number of halogens is 2. The van der Waals surface area contributed by atoms with Gasteiger partial charge in [0.25, 0.3) is 0 Å². The van der Waals surface area contributed by atoms with E-state index in [0.717, 1.165) is 54.2 Å². The second kappa shape index (κ2) is 15.5. The summed E-state index contributed by atoms with van der Waals surface area (Å²) in [5.41, 5.74) is 2.88. The van der Waals surface area contributed by atoms with E-state index in [4.69, 9.17) is 42.1 Å². The third kappa shape index (κ3) is 6.90. The first-order valence-corrected chi connectivity index (χ1v) is 18.2. The highest BCUT2D eigenvalue weighted by Gasteiger charge is 2.23. The standard InChI is InChI=1S/C46H32Cl2O6/c47-31-19-21-37-39(27-31)41(33-15-7-9-17-35(33)43(37)51-23-25-53-45(49)29-11-3-1-4-12-29)42-34-16-8-10-18-36(34)44(38-22-20-32(48)28-40(38)42)52-24-26-54-46(50)30-13-5-2-6-14-30/h1-22,27-28H,23-26H2. The van der Waals surface area contributed by atoms with Crippen molar-refractivity contribution >= 4 is 78.2 Å². The molecule has 0 aromatic heterocycles. The van der Waals surface area contributed by atoms with E-state index in [9.17, 15) is 9.59 Å². The highest BCUT2D eigenvalue weighted by Crippen LogP contribution is 2.50. The highest BCUT2D eigenvalue weighted by molar-refractivity contribution is 6.34. The topological polar surface area (TPSA) is 71.1 Å². The van der Waals surface area contributed by atoms with Gasteiger partial charge in [-0.3, -0.25) is 0 Å². The second-order valence-electron chi connectivity index (χ2n) is 12.6. The van der Waals surface area contributed by atoms with Crippen molar-refractivity contribution in [3.63, 3.8) is 0 Å². The third-order valence-electron chi connectivity index (χ3n) is 9.27. The van der Waals surface area contributed by atoms with Crippen molar-refractivity contribution < 1.29 is 28.5 Å². The summed E-state index contributed by atoms with van der Waals surface area (Å²) in [4.78, 5) is 25.2. The number of esters is 2. The molecule has 8 aromatic rings. The van der Waals surface area contributed by atoms with Crippen LogP contribution in [-0.2, 0) is 9.47 Å². The van der Waals surface area contributed by atoms with Gasteiger partial charge >= 0.3 is 11.9 Å². The number of carbonyl (C=O) groups excluding carboxylic acids is 2. The molecular formula is C46H32Cl2O6. The Labute approximate surface area is 321 Å². The second-order valence-corrected chi connectivity index (χ2v) is 13.5. The van der Waals surface area contributed by atoms with Crippen LogP contribution in [0.4, 0.5) is 0 Å². The van der Waals surface area contributed by atoms with Gasteiger partial charge in [0.2, 0.25) is 0 Å². The van der Waals surface area contributed by atoms with Crippen LogP contribution in [0.5, 0.6) is 11.5 Å². The molecule has 8 heteroatoms. The first kappa shape index (κ1) is 35.0. The molecule has 0 N–H and O–H groups in total. The van der Waals surface area contributed by atoms with Gasteiger partial charge in [0.15, 0.2) is 0 Å². The van der Waals surface area contributed by atoms with Gasteiger partial charge in [-0.25, -0.2) is 9.59 Å². The lowest BCUT2D eigenvalue weighted by atomic mass is 9.85. The van der Waals surface area contributed by atoms with Crippen LogP contribution in [0.15, 0.2) is 146 Å². The zero-order chi connectivity index (χ0) is 37.0. The first-order valence-electron chi connectivity index (χ1n) is 17.5. The molecule has 0 bridgehead atoms. The summed E-state index contributed by atoms with van der Waals surface area (Å²) in [6.07, 6.45) is 0. The molecule has 0 saturated heterocycles. The molecule has 0 aliphatic heterocycles. The number of hydrogen-bond donors (Lipinski definition) is 0. The van der Waals surface area contributed by atoms with Crippen LogP contribution < -0.4 is 9.47 Å². The number of fused-ring (bicyclic) bond motifs is 4. The smallest absolute Gasteiger partial charge is 0.338 e. The number of carbonyl (C=O) groups is 2. The van der Waals surface area contributed by atoms with Crippen LogP contribution in [0.3, 0.4) is 0 Å². The summed E-state index contributed by atoms with van der Waals surface area (Å²) in [5.74, 6) is 0.505. The maximum Gasteiger partial charge on any atom is 0.338 e. The van der Waals surface area contributed by atoms with Crippen LogP contribution in [0.1, 0.15) is 20.7 Å². The molecule has 0 radical (unpaired) electrons. The van der Waals surface area contributed by atoms with Gasteiger partial charge in [0, 0.05) is 31.6 Å². The Morgan fingerprint density at radius 1 is 0.389 bits per heavy atom. The van der Waals surface area contributed by atoms with E-state index < -0.39 is 11.9 Å². The Kier molecular flexibility index (Phi) is 10.0. The Bertz CT molecular complexity index is 2490. The number of rotatable bonds is 11. The average Bonchev–Trinajstić information content (AvgIpc) is 3.21. The monoisotopic (exact) mass is 750 g/mol. The molecule has 0 aliphatic carbocycles. The lowest BCUT2D eigenvalue weighted by molar-refractivity contribution is 0.0444. The molecule has 0 heterocycles. The quantitative estimate of drug-likeness (QED) is 0.0744. The molecule has 0 atom stereocenters. The molecule has 54 heavy (non-hydrogen) atoms. The zero-order valence-corrected chi connectivity index (χ0v) is 30.4. The van der Waals surface area contributed by atoms with E-state index in [2.05, 4.69) is 12.1 Å². The molecule has 0 aliphatic rings. The van der Waals surface area contributed by atoms with Crippen LogP contribution in [-0.4, -0.2) is 38.4 Å². The minimum Gasteiger partial charge on any atom is -0.489 e. The molecule has 6 nitrogen and oxygen atoms in total. The van der Waals surface area contributed by atoms with E-state index in [1.54, 1.807) is 48.5 Å². The van der Waals surface area contributed by atoms with E-state index in [1.807, 2.05) is 84.9 Å². The molecule has 8 rings (SSSR count). The van der Waals surface area contributed by atoms with Gasteiger partial charge in [0.05, 0.1) is 11.1 Å². The fourth-order valence-corrected chi connectivity index (χ4v) is 7.29. The predicted octanol–water partition coefficient (Wildman–Crippen LogP) is 11.7. The van der Waals surface area contributed by atoms with Crippen molar-refractivity contribution in [2.24, 2.45) is 0 Å². The van der Waals surface area contributed by atoms with Crippen molar-refractivity contribution in [1.29, 1.82) is 0 Å². The minimum atomic E-state index is -0.408. The van der Waals surface area contributed by atoms with Gasteiger partial charge < -0.3 is 18.9 Å². The Morgan fingerprint density at radius 3 is 1.15 bits per heavy atom. The minimum absolute atomic E-state index is 0.0690. The Morgan fingerprint density at radius 2 is 0.741 bits per heavy atom. The van der Waals surface area contributed by atoms with Crippen molar-refractivity contribution in [3.05, 3.63) is 167 Å². The van der Waals surface area contributed by atoms with Gasteiger partial charge in [-0.15, -0.1) is 0 Å². The first-order chi connectivity index (χ1) is 26.5. The van der Waals surface area contributed by atoms with Crippen molar-refractivity contribution in [3.8, 4) is 22.6 Å². The van der Waals surface area contributed by atoms with Crippen LogP contribution in [0, 0.1) is 0 Å². The average molecular weight is 752 g/mol. The van der Waals surface area contributed by atoms with Gasteiger partial charge in [-0.05, 0) is 93.3 Å². The number of benzene rings is 8. The lowest BCUT2D eigenvalue weighted by Gasteiger charge is -2.22. The molecule has 266 valence electrons. The fraction of sp³-hybridized carbons (Fsp3) is 0.0870. The maximum absolute atomic E-state index is 12.6. The molecule has 0 fully saturated rings.